The van der Waals surface area contributed by atoms with Crippen LogP contribution in [-0.4, -0.2) is 24.1 Å². The Bertz CT molecular complexity index is 483. The molecule has 4 heteroatoms. The van der Waals surface area contributed by atoms with Crippen molar-refractivity contribution in [3.8, 4) is 0 Å². The maximum absolute atomic E-state index is 12.1. The molecule has 3 fully saturated rings. The molecule has 0 aromatic rings. The predicted molar refractivity (Wildman–Crippen MR) is 72.8 cm³/mol. The minimum atomic E-state index is -0.462. The molecule has 0 N–H and O–H groups in total. The van der Waals surface area contributed by atoms with Gasteiger partial charge in [0.05, 0.1) is 12.0 Å². The average Bonchev–Trinajstić information content (AvgIpc) is 2.82. The molecule has 1 saturated heterocycles. The van der Waals surface area contributed by atoms with E-state index < -0.39 is 5.60 Å². The lowest BCUT2D eigenvalue weighted by atomic mass is 9.71. The van der Waals surface area contributed by atoms with E-state index in [2.05, 4.69) is 6.58 Å². The van der Waals surface area contributed by atoms with Crippen LogP contribution in [0.2, 0.25) is 0 Å². The number of carbonyl (C=O) groups excluding carboxylic acids is 2. The van der Waals surface area contributed by atoms with Crippen molar-refractivity contribution in [2.24, 2.45) is 17.3 Å². The third-order valence-corrected chi connectivity index (χ3v) is 5.33. The third kappa shape index (κ3) is 1.97. The highest BCUT2D eigenvalue weighted by atomic mass is 16.6. The van der Waals surface area contributed by atoms with Gasteiger partial charge in [-0.15, -0.1) is 0 Å². The van der Waals surface area contributed by atoms with Crippen molar-refractivity contribution < 1.29 is 19.1 Å². The van der Waals surface area contributed by atoms with E-state index in [1.807, 2.05) is 6.92 Å². The molecule has 4 unspecified atom stereocenters. The Morgan fingerprint density at radius 1 is 1.40 bits per heavy atom. The number of fused-ring (bicyclic) bond motifs is 3. The fraction of sp³-hybridized carbons (Fsp3) is 0.750. The summed E-state index contributed by atoms with van der Waals surface area (Å²) in [4.78, 5) is 24.0. The van der Waals surface area contributed by atoms with Gasteiger partial charge in [0, 0.05) is 5.57 Å². The summed E-state index contributed by atoms with van der Waals surface area (Å²) in [5.74, 6) is 0.402. The van der Waals surface area contributed by atoms with Gasteiger partial charge in [0.1, 0.15) is 5.60 Å². The van der Waals surface area contributed by atoms with E-state index in [4.69, 9.17) is 9.47 Å². The van der Waals surface area contributed by atoms with Crippen molar-refractivity contribution in [1.82, 2.24) is 0 Å². The van der Waals surface area contributed by atoms with Crippen LogP contribution in [0, 0.1) is 17.3 Å². The summed E-state index contributed by atoms with van der Waals surface area (Å²) in [6.45, 7) is 7.84. The monoisotopic (exact) mass is 278 g/mol. The van der Waals surface area contributed by atoms with E-state index in [-0.39, 0.29) is 17.4 Å². The van der Waals surface area contributed by atoms with Crippen LogP contribution < -0.4 is 0 Å². The topological polar surface area (TPSA) is 52.6 Å². The van der Waals surface area contributed by atoms with E-state index in [0.29, 0.717) is 24.0 Å². The van der Waals surface area contributed by atoms with Crippen LogP contribution >= 0.6 is 0 Å². The minimum Gasteiger partial charge on any atom is -0.465 e. The molecule has 20 heavy (non-hydrogen) atoms. The first-order chi connectivity index (χ1) is 9.35. The van der Waals surface area contributed by atoms with Crippen LogP contribution in [0.15, 0.2) is 12.2 Å². The molecule has 3 rings (SSSR count). The number of hydrogen-bond donors (Lipinski definition) is 0. The van der Waals surface area contributed by atoms with Crippen LogP contribution in [0.4, 0.5) is 0 Å². The highest BCUT2D eigenvalue weighted by Crippen LogP contribution is 2.60. The zero-order valence-corrected chi connectivity index (χ0v) is 12.2. The number of ether oxygens (including phenoxy) is 2. The van der Waals surface area contributed by atoms with Crippen molar-refractivity contribution in [2.45, 2.75) is 51.6 Å². The van der Waals surface area contributed by atoms with Gasteiger partial charge in [-0.2, -0.15) is 0 Å². The summed E-state index contributed by atoms with van der Waals surface area (Å²) in [6.07, 6.45) is 4.40. The second kappa shape index (κ2) is 4.34. The van der Waals surface area contributed by atoms with Crippen LogP contribution in [0.3, 0.4) is 0 Å². The zero-order valence-electron chi connectivity index (χ0n) is 12.2. The SMILES string of the molecule is C=C(C)C(=O)OC1(C)CC2CC(C1)C1(CCOC1=O)C2. The Kier molecular flexibility index (Phi) is 2.96. The second-order valence-corrected chi connectivity index (χ2v) is 7.07. The number of hydrogen-bond acceptors (Lipinski definition) is 4. The molecule has 0 aromatic carbocycles. The van der Waals surface area contributed by atoms with Crippen molar-refractivity contribution in [2.75, 3.05) is 6.61 Å². The molecule has 1 heterocycles. The normalized spacial score (nSPS) is 42.6. The molecule has 4 nitrogen and oxygen atoms in total. The highest BCUT2D eigenvalue weighted by Gasteiger charge is 2.61. The Balaban J connectivity index is 1.79. The lowest BCUT2D eigenvalue weighted by Crippen LogP contribution is -2.40. The lowest BCUT2D eigenvalue weighted by Gasteiger charge is -2.38. The number of rotatable bonds is 2. The van der Waals surface area contributed by atoms with E-state index in [1.54, 1.807) is 6.92 Å². The van der Waals surface area contributed by atoms with E-state index in [1.165, 1.54) is 0 Å². The quantitative estimate of drug-likeness (QED) is 0.575. The molecule has 4 atom stereocenters. The van der Waals surface area contributed by atoms with Gasteiger partial charge in [-0.05, 0) is 57.8 Å². The predicted octanol–water partition coefficient (Wildman–Crippen LogP) is 2.62. The van der Waals surface area contributed by atoms with Gasteiger partial charge in [-0.25, -0.2) is 4.79 Å². The molecule has 110 valence electrons. The molecule has 1 spiro atoms. The molecule has 3 aliphatic rings. The molecule has 0 aromatic heterocycles. The summed E-state index contributed by atoms with van der Waals surface area (Å²) < 4.78 is 10.9. The average molecular weight is 278 g/mol. The lowest BCUT2D eigenvalue weighted by molar-refractivity contribution is -0.159. The standard InChI is InChI=1S/C16H22O4/c1-10(2)13(17)20-15(3)7-11-6-12(9-15)16(8-11)4-5-19-14(16)18/h11-12H,1,4-9H2,2-3H3. The molecule has 2 bridgehead atoms. The first kappa shape index (κ1) is 13.7. The number of carbonyl (C=O) groups is 2. The highest BCUT2D eigenvalue weighted by molar-refractivity contribution is 5.87. The van der Waals surface area contributed by atoms with Crippen LogP contribution in [0.1, 0.15) is 46.0 Å². The molecule has 2 aliphatic carbocycles. The molecule has 0 amide bonds. The molecular formula is C16H22O4. The summed E-state index contributed by atoms with van der Waals surface area (Å²) >= 11 is 0. The van der Waals surface area contributed by atoms with Crippen LogP contribution in [-0.2, 0) is 19.1 Å². The van der Waals surface area contributed by atoms with Crippen LogP contribution in [0.5, 0.6) is 0 Å². The summed E-state index contributed by atoms with van der Waals surface area (Å²) in [7, 11) is 0. The van der Waals surface area contributed by atoms with Crippen molar-refractivity contribution in [3.05, 3.63) is 12.2 Å². The van der Waals surface area contributed by atoms with Gasteiger partial charge in [0.25, 0.3) is 0 Å². The maximum Gasteiger partial charge on any atom is 0.333 e. The second-order valence-electron chi connectivity index (χ2n) is 7.07. The summed E-state index contributed by atoms with van der Waals surface area (Å²) in [6, 6.07) is 0. The number of cyclic esters (lactones) is 1. The van der Waals surface area contributed by atoms with E-state index in [0.717, 1.165) is 32.1 Å². The molecule has 1 aliphatic heterocycles. The maximum atomic E-state index is 12.1. The zero-order chi connectivity index (χ0) is 14.5. The fourth-order valence-electron chi connectivity index (χ4n) is 4.56. The van der Waals surface area contributed by atoms with E-state index in [9.17, 15) is 9.59 Å². The molecular weight excluding hydrogens is 256 g/mol. The van der Waals surface area contributed by atoms with Gasteiger partial charge in [0.15, 0.2) is 0 Å². The Labute approximate surface area is 119 Å². The van der Waals surface area contributed by atoms with Gasteiger partial charge >= 0.3 is 11.9 Å². The Morgan fingerprint density at radius 3 is 2.75 bits per heavy atom. The fourth-order valence-corrected chi connectivity index (χ4v) is 4.56. The summed E-state index contributed by atoms with van der Waals surface area (Å²) in [5.41, 5.74) is -0.326. The number of esters is 2. The minimum absolute atomic E-state index is 0.0273. The van der Waals surface area contributed by atoms with Crippen molar-refractivity contribution >= 4 is 11.9 Å². The third-order valence-electron chi connectivity index (χ3n) is 5.33. The van der Waals surface area contributed by atoms with Crippen molar-refractivity contribution in [3.63, 3.8) is 0 Å². The first-order valence-corrected chi connectivity index (χ1v) is 7.41. The van der Waals surface area contributed by atoms with Gasteiger partial charge in [-0.1, -0.05) is 6.58 Å². The van der Waals surface area contributed by atoms with Crippen molar-refractivity contribution in [1.29, 1.82) is 0 Å². The van der Waals surface area contributed by atoms with Gasteiger partial charge < -0.3 is 9.47 Å². The Morgan fingerprint density at radius 2 is 2.15 bits per heavy atom. The summed E-state index contributed by atoms with van der Waals surface area (Å²) in [5, 5.41) is 0. The van der Waals surface area contributed by atoms with Gasteiger partial charge in [-0.3, -0.25) is 4.79 Å². The molecule has 0 radical (unpaired) electrons. The van der Waals surface area contributed by atoms with Crippen LogP contribution in [0.25, 0.3) is 0 Å². The largest absolute Gasteiger partial charge is 0.465 e. The smallest absolute Gasteiger partial charge is 0.333 e. The van der Waals surface area contributed by atoms with Gasteiger partial charge in [0.2, 0.25) is 0 Å². The first-order valence-electron chi connectivity index (χ1n) is 7.41. The molecule has 2 saturated carbocycles. The van der Waals surface area contributed by atoms with E-state index >= 15 is 0 Å². The Hall–Kier alpha value is -1.32.